The Labute approximate surface area is 105 Å². The van der Waals surface area contributed by atoms with Gasteiger partial charge in [0.15, 0.2) is 0 Å². The summed E-state index contributed by atoms with van der Waals surface area (Å²) in [5.41, 5.74) is 1.77. The van der Waals surface area contributed by atoms with Gasteiger partial charge in [0, 0.05) is 10.4 Å². The molecule has 1 aromatic carbocycles. The third kappa shape index (κ3) is 2.57. The van der Waals surface area contributed by atoms with Crippen molar-refractivity contribution in [2.75, 3.05) is 5.33 Å². The highest BCUT2D eigenvalue weighted by atomic mass is 79.9. The summed E-state index contributed by atoms with van der Waals surface area (Å²) in [7, 11) is 0. The Morgan fingerprint density at radius 3 is 2.47 bits per heavy atom. The van der Waals surface area contributed by atoms with Crippen molar-refractivity contribution in [3.8, 4) is 0 Å². The number of hydrogen-bond donors (Lipinski definition) is 0. The van der Waals surface area contributed by atoms with Gasteiger partial charge in [0.1, 0.15) is 0 Å². The summed E-state index contributed by atoms with van der Waals surface area (Å²) in [6.07, 6.45) is 6.54. The molecule has 2 heteroatoms. The van der Waals surface area contributed by atoms with E-state index in [2.05, 4.69) is 28.1 Å². The molecule has 1 aliphatic rings. The average molecular weight is 288 g/mol. The van der Waals surface area contributed by atoms with E-state index in [1.54, 1.807) is 0 Å². The first-order valence-electron chi connectivity index (χ1n) is 5.55. The van der Waals surface area contributed by atoms with Crippen LogP contribution in [0.4, 0.5) is 0 Å². The van der Waals surface area contributed by atoms with E-state index in [4.69, 9.17) is 11.6 Å². The zero-order valence-corrected chi connectivity index (χ0v) is 11.1. The van der Waals surface area contributed by atoms with Crippen molar-refractivity contribution in [3.05, 3.63) is 34.9 Å². The number of rotatable bonds is 3. The molecule has 0 N–H and O–H groups in total. The maximum Gasteiger partial charge on any atom is 0.0438 e. The van der Waals surface area contributed by atoms with Crippen molar-refractivity contribution in [2.24, 2.45) is 5.41 Å². The van der Waals surface area contributed by atoms with Crippen LogP contribution < -0.4 is 0 Å². The van der Waals surface area contributed by atoms with Gasteiger partial charge in [0.25, 0.3) is 0 Å². The highest BCUT2D eigenvalue weighted by Gasteiger charge is 2.33. The van der Waals surface area contributed by atoms with Crippen molar-refractivity contribution in [2.45, 2.75) is 32.1 Å². The molecular formula is C13H16BrCl. The van der Waals surface area contributed by atoms with Crippen LogP contribution in [0, 0.1) is 5.41 Å². The van der Waals surface area contributed by atoms with Crippen LogP contribution in [-0.2, 0) is 6.42 Å². The molecule has 1 aliphatic carbocycles. The maximum atomic E-state index is 6.21. The van der Waals surface area contributed by atoms with E-state index in [1.807, 2.05) is 12.1 Å². The topological polar surface area (TPSA) is 0 Å². The minimum absolute atomic E-state index is 0.463. The van der Waals surface area contributed by atoms with E-state index in [0.717, 1.165) is 16.8 Å². The number of halogens is 2. The van der Waals surface area contributed by atoms with E-state index in [0.29, 0.717) is 5.41 Å². The molecule has 0 spiro atoms. The normalized spacial score (nSPS) is 19.3. The SMILES string of the molecule is Clc1ccccc1CC1(CBr)CCCC1. The predicted molar refractivity (Wildman–Crippen MR) is 69.9 cm³/mol. The van der Waals surface area contributed by atoms with Gasteiger partial charge in [0.2, 0.25) is 0 Å². The van der Waals surface area contributed by atoms with Gasteiger partial charge in [-0.15, -0.1) is 0 Å². The fraction of sp³-hybridized carbons (Fsp3) is 0.538. The molecule has 0 nitrogen and oxygen atoms in total. The number of alkyl halides is 1. The van der Waals surface area contributed by atoms with Crippen molar-refractivity contribution in [1.29, 1.82) is 0 Å². The Bertz CT molecular complexity index is 329. The molecule has 0 aliphatic heterocycles. The van der Waals surface area contributed by atoms with Gasteiger partial charge in [0.05, 0.1) is 0 Å². The summed E-state index contributed by atoms with van der Waals surface area (Å²) in [6, 6.07) is 8.23. The van der Waals surface area contributed by atoms with Crippen LogP contribution in [0.2, 0.25) is 5.02 Å². The van der Waals surface area contributed by atoms with Crippen LogP contribution in [0.5, 0.6) is 0 Å². The molecule has 0 heterocycles. The van der Waals surface area contributed by atoms with Crippen LogP contribution in [0.15, 0.2) is 24.3 Å². The van der Waals surface area contributed by atoms with Gasteiger partial charge in [-0.3, -0.25) is 0 Å². The molecule has 0 bridgehead atoms. The van der Waals surface area contributed by atoms with E-state index in [1.165, 1.54) is 31.2 Å². The molecule has 0 unspecified atom stereocenters. The van der Waals surface area contributed by atoms with E-state index in [9.17, 15) is 0 Å². The van der Waals surface area contributed by atoms with Crippen molar-refractivity contribution < 1.29 is 0 Å². The first-order chi connectivity index (χ1) is 7.26. The Kier molecular flexibility index (Phi) is 3.73. The van der Waals surface area contributed by atoms with E-state index in [-0.39, 0.29) is 0 Å². The highest BCUT2D eigenvalue weighted by Crippen LogP contribution is 2.43. The molecule has 0 saturated heterocycles. The Hall–Kier alpha value is -0.0100. The van der Waals surface area contributed by atoms with Gasteiger partial charge in [-0.25, -0.2) is 0 Å². The summed E-state index contributed by atoms with van der Waals surface area (Å²) in [5.74, 6) is 0. The zero-order chi connectivity index (χ0) is 10.7. The minimum atomic E-state index is 0.463. The lowest BCUT2D eigenvalue weighted by atomic mass is 9.82. The summed E-state index contributed by atoms with van der Waals surface area (Å²) < 4.78 is 0. The molecule has 1 aromatic rings. The van der Waals surface area contributed by atoms with Crippen molar-refractivity contribution in [1.82, 2.24) is 0 Å². The van der Waals surface area contributed by atoms with Crippen LogP contribution >= 0.6 is 27.5 Å². The largest absolute Gasteiger partial charge is 0.0922 e. The van der Waals surface area contributed by atoms with Crippen molar-refractivity contribution >= 4 is 27.5 Å². The quantitative estimate of drug-likeness (QED) is 0.698. The van der Waals surface area contributed by atoms with Crippen LogP contribution in [-0.4, -0.2) is 5.33 Å². The molecule has 0 radical (unpaired) electrons. The first kappa shape index (κ1) is 11.5. The Morgan fingerprint density at radius 2 is 1.87 bits per heavy atom. The summed E-state index contributed by atoms with van der Waals surface area (Å²) in [6.45, 7) is 0. The highest BCUT2D eigenvalue weighted by molar-refractivity contribution is 9.09. The second-order valence-electron chi connectivity index (χ2n) is 4.61. The summed E-state index contributed by atoms with van der Waals surface area (Å²) in [4.78, 5) is 0. The monoisotopic (exact) mass is 286 g/mol. The molecule has 1 saturated carbocycles. The fourth-order valence-electron chi connectivity index (χ4n) is 2.53. The molecule has 1 fully saturated rings. The third-order valence-electron chi connectivity index (χ3n) is 3.47. The van der Waals surface area contributed by atoms with Gasteiger partial charge in [-0.05, 0) is 36.3 Å². The van der Waals surface area contributed by atoms with Crippen LogP contribution in [0.1, 0.15) is 31.2 Å². The van der Waals surface area contributed by atoms with Gasteiger partial charge >= 0.3 is 0 Å². The lowest BCUT2D eigenvalue weighted by molar-refractivity contribution is 0.347. The Morgan fingerprint density at radius 1 is 1.20 bits per heavy atom. The van der Waals surface area contributed by atoms with Gasteiger partial charge < -0.3 is 0 Å². The molecule has 0 atom stereocenters. The molecular weight excluding hydrogens is 272 g/mol. The van der Waals surface area contributed by atoms with E-state index >= 15 is 0 Å². The molecule has 2 rings (SSSR count). The first-order valence-corrected chi connectivity index (χ1v) is 7.05. The number of hydrogen-bond acceptors (Lipinski definition) is 0. The fourth-order valence-corrected chi connectivity index (χ4v) is 3.49. The lowest BCUT2D eigenvalue weighted by Crippen LogP contribution is -2.21. The summed E-state index contributed by atoms with van der Waals surface area (Å²) in [5, 5.41) is 2.02. The smallest absolute Gasteiger partial charge is 0.0438 e. The van der Waals surface area contributed by atoms with Crippen molar-refractivity contribution in [3.63, 3.8) is 0 Å². The predicted octanol–water partition coefficient (Wildman–Crippen LogP) is 4.84. The third-order valence-corrected chi connectivity index (χ3v) is 5.03. The molecule has 0 amide bonds. The second-order valence-corrected chi connectivity index (χ2v) is 5.58. The standard InChI is InChI=1S/C13H16BrCl/c14-10-13(7-3-4-8-13)9-11-5-1-2-6-12(11)15/h1-2,5-6H,3-4,7-10H2. The van der Waals surface area contributed by atoms with Crippen LogP contribution in [0.25, 0.3) is 0 Å². The maximum absolute atomic E-state index is 6.21. The number of benzene rings is 1. The molecule has 82 valence electrons. The Balaban J connectivity index is 2.16. The van der Waals surface area contributed by atoms with Gasteiger partial charge in [-0.2, -0.15) is 0 Å². The summed E-state index contributed by atoms with van der Waals surface area (Å²) >= 11 is 9.88. The van der Waals surface area contributed by atoms with E-state index < -0.39 is 0 Å². The second kappa shape index (κ2) is 4.88. The van der Waals surface area contributed by atoms with Gasteiger partial charge in [-0.1, -0.05) is 58.6 Å². The lowest BCUT2D eigenvalue weighted by Gasteiger charge is -2.27. The molecule has 15 heavy (non-hydrogen) atoms. The molecule has 0 aromatic heterocycles. The average Bonchev–Trinajstić information content (AvgIpc) is 2.71. The zero-order valence-electron chi connectivity index (χ0n) is 8.81. The minimum Gasteiger partial charge on any atom is -0.0922 e. The van der Waals surface area contributed by atoms with Crippen LogP contribution in [0.3, 0.4) is 0 Å².